The summed E-state index contributed by atoms with van der Waals surface area (Å²) in [5.41, 5.74) is 3.28. The van der Waals surface area contributed by atoms with Gasteiger partial charge in [0.2, 0.25) is 11.7 Å². The molecule has 9 heteroatoms. The number of thiophene rings is 1. The highest BCUT2D eigenvalue weighted by Gasteiger charge is 2.16. The van der Waals surface area contributed by atoms with Crippen molar-refractivity contribution in [3.05, 3.63) is 89.3 Å². The summed E-state index contributed by atoms with van der Waals surface area (Å²) in [6.45, 7) is 0. The molecule has 0 unspecified atom stereocenters. The molecular weight excluding hydrogens is 438 g/mol. The number of carbonyl (C=O) groups is 1. The highest BCUT2D eigenvalue weighted by molar-refractivity contribution is 7.13. The number of aromatic nitrogens is 4. The van der Waals surface area contributed by atoms with E-state index in [9.17, 15) is 4.79 Å². The van der Waals surface area contributed by atoms with Crippen LogP contribution >= 0.6 is 11.3 Å². The summed E-state index contributed by atoms with van der Waals surface area (Å²) in [6.07, 6.45) is 0.393. The van der Waals surface area contributed by atoms with Crippen LogP contribution in [-0.2, 0) is 6.42 Å². The van der Waals surface area contributed by atoms with Gasteiger partial charge in [0.1, 0.15) is 11.4 Å². The number of amides is 1. The summed E-state index contributed by atoms with van der Waals surface area (Å²) in [4.78, 5) is 18.3. The first-order valence-corrected chi connectivity index (χ1v) is 11.0. The average molecular weight is 458 g/mol. The number of hydrogen-bond acceptors (Lipinski definition) is 7. The van der Waals surface area contributed by atoms with Crippen molar-refractivity contribution in [2.45, 2.75) is 6.42 Å². The second-order valence-corrected chi connectivity index (χ2v) is 8.09. The minimum atomic E-state index is -0.305. The smallest absolute Gasteiger partial charge is 0.273 e. The molecule has 0 saturated heterocycles. The molecule has 2 N–H and O–H groups in total. The Balaban J connectivity index is 1.33. The Bertz CT molecular complexity index is 1390. The van der Waals surface area contributed by atoms with E-state index in [1.165, 1.54) is 0 Å². The van der Waals surface area contributed by atoms with Crippen LogP contribution in [0.15, 0.2) is 76.6 Å². The molecule has 0 radical (unpaired) electrons. The fourth-order valence-corrected chi connectivity index (χ4v) is 4.06. The van der Waals surface area contributed by atoms with E-state index in [4.69, 9.17) is 9.26 Å². The van der Waals surface area contributed by atoms with Crippen molar-refractivity contribution in [3.8, 4) is 27.7 Å². The van der Waals surface area contributed by atoms with Crippen LogP contribution < -0.4 is 10.1 Å². The number of carbonyl (C=O) groups excluding carboxylic acids is 1. The SMILES string of the molecule is COc1ccccc1-c1cc(C(=O)Nc2ccccc2Cc2nc(-c3cccs3)no2)[nH]n1. The van der Waals surface area contributed by atoms with Gasteiger partial charge in [0.05, 0.1) is 24.1 Å². The monoisotopic (exact) mass is 457 g/mol. The quantitative estimate of drug-likeness (QED) is 0.355. The van der Waals surface area contributed by atoms with E-state index in [0.717, 1.165) is 16.0 Å². The average Bonchev–Trinajstić information content (AvgIpc) is 3.61. The van der Waals surface area contributed by atoms with Crippen molar-refractivity contribution >= 4 is 22.9 Å². The fraction of sp³-hybridized carbons (Fsp3) is 0.0833. The number of hydrogen-bond donors (Lipinski definition) is 2. The molecule has 0 bridgehead atoms. The lowest BCUT2D eigenvalue weighted by Crippen LogP contribution is -2.14. The van der Waals surface area contributed by atoms with Crippen LogP contribution in [0.1, 0.15) is 21.9 Å². The molecule has 0 aliphatic heterocycles. The third kappa shape index (κ3) is 4.39. The van der Waals surface area contributed by atoms with Crippen LogP contribution in [-0.4, -0.2) is 33.4 Å². The maximum atomic E-state index is 12.9. The second-order valence-electron chi connectivity index (χ2n) is 7.14. The Morgan fingerprint density at radius 2 is 1.97 bits per heavy atom. The second kappa shape index (κ2) is 9.09. The molecule has 3 aromatic heterocycles. The molecule has 8 nitrogen and oxygen atoms in total. The standard InChI is InChI=1S/C24H19N5O3S/c1-31-20-10-5-3-8-16(20)18-14-19(28-27-18)24(30)25-17-9-4-2-7-15(17)13-22-26-23(29-32-22)21-11-6-12-33-21/h2-12,14H,13H2,1H3,(H,25,30)(H,27,28). The number of H-pyrrole nitrogens is 1. The van der Waals surface area contributed by atoms with E-state index < -0.39 is 0 Å². The lowest BCUT2D eigenvalue weighted by molar-refractivity contribution is 0.102. The van der Waals surface area contributed by atoms with Crippen molar-refractivity contribution in [2.24, 2.45) is 0 Å². The van der Waals surface area contributed by atoms with E-state index in [2.05, 4.69) is 25.7 Å². The van der Waals surface area contributed by atoms with Gasteiger partial charge >= 0.3 is 0 Å². The van der Waals surface area contributed by atoms with Crippen LogP contribution in [0.25, 0.3) is 22.0 Å². The Hall–Kier alpha value is -4.24. The van der Waals surface area contributed by atoms with Gasteiger partial charge < -0.3 is 14.6 Å². The van der Waals surface area contributed by atoms with Crippen molar-refractivity contribution in [1.82, 2.24) is 20.3 Å². The minimum absolute atomic E-state index is 0.305. The molecule has 0 aliphatic rings. The fourth-order valence-electron chi connectivity index (χ4n) is 3.41. The number of ether oxygens (including phenoxy) is 1. The highest BCUT2D eigenvalue weighted by atomic mass is 32.1. The summed E-state index contributed by atoms with van der Waals surface area (Å²) in [5, 5.41) is 16.0. The Labute approximate surface area is 193 Å². The lowest BCUT2D eigenvalue weighted by atomic mass is 10.1. The zero-order chi connectivity index (χ0) is 22.6. The van der Waals surface area contributed by atoms with E-state index in [0.29, 0.717) is 41.0 Å². The molecule has 2 aromatic carbocycles. The molecule has 1 amide bonds. The van der Waals surface area contributed by atoms with Gasteiger partial charge in [0, 0.05) is 11.3 Å². The molecule has 0 spiro atoms. The maximum absolute atomic E-state index is 12.9. The largest absolute Gasteiger partial charge is 0.496 e. The van der Waals surface area contributed by atoms with Gasteiger partial charge in [-0.25, -0.2) is 0 Å². The van der Waals surface area contributed by atoms with Gasteiger partial charge in [-0.2, -0.15) is 10.1 Å². The molecule has 5 aromatic rings. The zero-order valence-electron chi connectivity index (χ0n) is 17.6. The molecular formula is C24H19N5O3S. The van der Waals surface area contributed by atoms with Gasteiger partial charge in [-0.1, -0.05) is 41.6 Å². The third-order valence-electron chi connectivity index (χ3n) is 5.02. The first-order chi connectivity index (χ1) is 16.2. The minimum Gasteiger partial charge on any atom is -0.496 e. The van der Waals surface area contributed by atoms with Crippen LogP contribution in [0.4, 0.5) is 5.69 Å². The number of rotatable bonds is 7. The van der Waals surface area contributed by atoms with Crippen molar-refractivity contribution in [1.29, 1.82) is 0 Å². The van der Waals surface area contributed by atoms with Gasteiger partial charge in [-0.15, -0.1) is 11.3 Å². The van der Waals surface area contributed by atoms with E-state index in [-0.39, 0.29) is 5.91 Å². The van der Waals surface area contributed by atoms with E-state index >= 15 is 0 Å². The molecule has 33 heavy (non-hydrogen) atoms. The van der Waals surface area contributed by atoms with Gasteiger partial charge in [0.25, 0.3) is 5.91 Å². The molecule has 5 rings (SSSR count). The van der Waals surface area contributed by atoms with Gasteiger partial charge in [-0.3, -0.25) is 9.89 Å². The van der Waals surface area contributed by atoms with Crippen molar-refractivity contribution < 1.29 is 14.1 Å². The number of methoxy groups -OCH3 is 1. The maximum Gasteiger partial charge on any atom is 0.273 e. The van der Waals surface area contributed by atoms with Crippen LogP contribution in [0, 0.1) is 0 Å². The Kier molecular flexibility index (Phi) is 5.69. The predicted octanol–water partition coefficient (Wildman–Crippen LogP) is 5.04. The normalized spacial score (nSPS) is 10.8. The van der Waals surface area contributed by atoms with Gasteiger partial charge in [-0.05, 0) is 41.3 Å². The van der Waals surface area contributed by atoms with Gasteiger partial charge in [0.15, 0.2) is 0 Å². The molecule has 0 aliphatic carbocycles. The molecule has 0 atom stereocenters. The predicted molar refractivity (Wildman–Crippen MR) is 125 cm³/mol. The molecule has 3 heterocycles. The van der Waals surface area contributed by atoms with Crippen LogP contribution in [0.5, 0.6) is 5.75 Å². The van der Waals surface area contributed by atoms with E-state index in [1.54, 1.807) is 24.5 Å². The number of anilines is 1. The topological polar surface area (TPSA) is 106 Å². The third-order valence-corrected chi connectivity index (χ3v) is 5.89. The Morgan fingerprint density at radius 1 is 1.12 bits per heavy atom. The number of nitrogens with one attached hydrogen (secondary N) is 2. The van der Waals surface area contributed by atoms with Crippen LogP contribution in [0.3, 0.4) is 0 Å². The van der Waals surface area contributed by atoms with Crippen molar-refractivity contribution in [2.75, 3.05) is 12.4 Å². The summed E-state index contributed by atoms with van der Waals surface area (Å²) in [6, 6.07) is 20.6. The highest BCUT2D eigenvalue weighted by Crippen LogP contribution is 2.29. The lowest BCUT2D eigenvalue weighted by Gasteiger charge is -2.08. The number of benzene rings is 2. The Morgan fingerprint density at radius 3 is 2.82 bits per heavy atom. The molecule has 0 fully saturated rings. The van der Waals surface area contributed by atoms with E-state index in [1.807, 2.05) is 66.0 Å². The summed E-state index contributed by atoms with van der Waals surface area (Å²) < 4.78 is 10.8. The number of aromatic amines is 1. The molecule has 0 saturated carbocycles. The van der Waals surface area contributed by atoms with Crippen LogP contribution in [0.2, 0.25) is 0 Å². The number of nitrogens with zero attached hydrogens (tertiary/aromatic N) is 3. The first-order valence-electron chi connectivity index (χ1n) is 10.2. The summed E-state index contributed by atoms with van der Waals surface area (Å²) in [5.74, 6) is 1.41. The molecule has 164 valence electrons. The van der Waals surface area contributed by atoms with Crippen molar-refractivity contribution in [3.63, 3.8) is 0 Å². The summed E-state index contributed by atoms with van der Waals surface area (Å²) >= 11 is 1.55. The summed E-state index contributed by atoms with van der Waals surface area (Å²) in [7, 11) is 1.60. The first kappa shape index (κ1) is 20.7. The zero-order valence-corrected chi connectivity index (χ0v) is 18.4. The number of para-hydroxylation sites is 2.